The molecule has 0 aromatic rings. The Labute approximate surface area is 577 Å². The number of nitrogens with one attached hydrogen (secondary N) is 1. The van der Waals surface area contributed by atoms with Crippen LogP contribution in [-0.2, 0) is 14.3 Å². The molecule has 0 bridgehead atoms. The molecule has 2 atom stereocenters. The number of rotatable bonds is 81. The number of allylic oxidation sites excluding steroid dienone is 4. The molecule has 92 heavy (non-hydrogen) atoms. The Morgan fingerprint density at radius 1 is 0.293 bits per heavy atom. The van der Waals surface area contributed by atoms with Crippen molar-refractivity contribution in [3.63, 3.8) is 0 Å². The van der Waals surface area contributed by atoms with Crippen molar-refractivity contribution in [3.05, 3.63) is 24.3 Å². The average molecular weight is 1300 g/mol. The number of hydrogen-bond acceptors (Lipinski definition) is 5. The molecule has 546 valence electrons. The quantitative estimate of drug-likeness (QED) is 0.0320. The van der Waals surface area contributed by atoms with Gasteiger partial charge in [0.1, 0.15) is 0 Å². The lowest BCUT2D eigenvalue weighted by atomic mass is 10.0. The summed E-state index contributed by atoms with van der Waals surface area (Å²) in [7, 11) is 0. The molecule has 0 saturated heterocycles. The summed E-state index contributed by atoms with van der Waals surface area (Å²) in [6, 6.07) is -0.541. The monoisotopic (exact) mass is 1290 g/mol. The average Bonchev–Trinajstić information content (AvgIpc) is 3.61. The van der Waals surface area contributed by atoms with Gasteiger partial charge < -0.3 is 20.3 Å². The molecule has 6 nitrogen and oxygen atoms in total. The number of unbranched alkanes of at least 4 members (excludes halogenated alkanes) is 66. The van der Waals surface area contributed by atoms with E-state index in [-0.39, 0.29) is 18.5 Å². The molecule has 0 aliphatic carbocycles. The molecular formula is C86H167NO5. The van der Waals surface area contributed by atoms with E-state index in [9.17, 15) is 19.8 Å². The number of hydrogen-bond donors (Lipinski definition) is 3. The van der Waals surface area contributed by atoms with Crippen LogP contribution in [0.3, 0.4) is 0 Å². The van der Waals surface area contributed by atoms with Gasteiger partial charge in [-0.05, 0) is 77.0 Å². The SMILES string of the molecule is CCCCCCCC/C=C\CCCCCCCCCC(=O)OCCCCCCCCCCCCCC/C=C\CCCCCCCCCCCCCCCCCCCC(=O)NC(CO)C(O)CCCCCCCCCCCCCCCCCCCCCCCCCCC. The smallest absolute Gasteiger partial charge is 0.305 e. The fourth-order valence-electron chi connectivity index (χ4n) is 13.8. The van der Waals surface area contributed by atoms with E-state index in [4.69, 9.17) is 4.74 Å². The molecule has 0 radical (unpaired) electrons. The maximum Gasteiger partial charge on any atom is 0.305 e. The summed E-state index contributed by atoms with van der Waals surface area (Å²) < 4.78 is 5.51. The molecule has 0 aromatic carbocycles. The highest BCUT2D eigenvalue weighted by Crippen LogP contribution is 2.21. The summed E-state index contributed by atoms with van der Waals surface area (Å²) in [6.07, 6.45) is 106. The van der Waals surface area contributed by atoms with Crippen molar-refractivity contribution in [3.8, 4) is 0 Å². The van der Waals surface area contributed by atoms with Crippen molar-refractivity contribution < 1.29 is 24.5 Å². The topological polar surface area (TPSA) is 95.9 Å². The van der Waals surface area contributed by atoms with Gasteiger partial charge in [-0.25, -0.2) is 0 Å². The first kappa shape index (κ1) is 90.3. The summed E-state index contributed by atoms with van der Waals surface area (Å²) in [4.78, 5) is 24.7. The van der Waals surface area contributed by atoms with Crippen molar-refractivity contribution in [2.24, 2.45) is 0 Å². The minimum absolute atomic E-state index is 0.0166. The Kier molecular flexibility index (Phi) is 80.3. The molecule has 0 spiro atoms. The molecule has 0 fully saturated rings. The second kappa shape index (κ2) is 81.8. The number of carbonyl (C=O) groups is 2. The Balaban J connectivity index is 3.35. The second-order valence-corrected chi connectivity index (χ2v) is 29.5. The first-order chi connectivity index (χ1) is 45.5. The number of aliphatic hydroxyl groups excluding tert-OH is 2. The van der Waals surface area contributed by atoms with Crippen LogP contribution in [-0.4, -0.2) is 47.4 Å². The van der Waals surface area contributed by atoms with Crippen molar-refractivity contribution in [2.45, 2.75) is 501 Å². The van der Waals surface area contributed by atoms with Crippen LogP contribution >= 0.6 is 0 Å². The number of carbonyl (C=O) groups excluding carboxylic acids is 2. The Hall–Kier alpha value is -1.66. The van der Waals surface area contributed by atoms with Gasteiger partial charge in [0.25, 0.3) is 0 Å². The summed E-state index contributed by atoms with van der Waals surface area (Å²) >= 11 is 0. The van der Waals surface area contributed by atoms with Gasteiger partial charge in [0.2, 0.25) is 5.91 Å². The fourth-order valence-corrected chi connectivity index (χ4v) is 13.8. The molecule has 2 unspecified atom stereocenters. The third-order valence-corrected chi connectivity index (χ3v) is 20.2. The van der Waals surface area contributed by atoms with Crippen LogP contribution < -0.4 is 5.32 Å². The summed E-state index contributed by atoms with van der Waals surface area (Å²) in [5.74, 6) is -0.00892. The first-order valence-corrected chi connectivity index (χ1v) is 42.6. The second-order valence-electron chi connectivity index (χ2n) is 29.5. The van der Waals surface area contributed by atoms with Crippen molar-refractivity contribution in [2.75, 3.05) is 13.2 Å². The molecular weight excluding hydrogens is 1130 g/mol. The van der Waals surface area contributed by atoms with Crippen LogP contribution in [0.1, 0.15) is 489 Å². The van der Waals surface area contributed by atoms with Crippen molar-refractivity contribution in [1.29, 1.82) is 0 Å². The molecule has 0 aromatic heterocycles. The van der Waals surface area contributed by atoms with Gasteiger partial charge in [0.15, 0.2) is 0 Å². The maximum atomic E-state index is 12.6. The summed E-state index contributed by atoms with van der Waals surface area (Å²) in [6.45, 7) is 5.01. The van der Waals surface area contributed by atoms with E-state index in [0.29, 0.717) is 25.9 Å². The zero-order valence-electron chi connectivity index (χ0n) is 62.8. The van der Waals surface area contributed by atoms with Crippen LogP contribution in [0.25, 0.3) is 0 Å². The molecule has 0 rings (SSSR count). The van der Waals surface area contributed by atoms with Gasteiger partial charge in [-0.15, -0.1) is 0 Å². The maximum absolute atomic E-state index is 12.6. The normalized spacial score (nSPS) is 12.5. The third-order valence-electron chi connectivity index (χ3n) is 20.2. The van der Waals surface area contributed by atoms with Crippen LogP contribution in [0.2, 0.25) is 0 Å². The molecule has 0 aliphatic heterocycles. The zero-order chi connectivity index (χ0) is 66.3. The van der Waals surface area contributed by atoms with Crippen LogP contribution in [0, 0.1) is 0 Å². The van der Waals surface area contributed by atoms with Gasteiger partial charge >= 0.3 is 5.97 Å². The highest BCUT2D eigenvalue weighted by Gasteiger charge is 2.20. The molecule has 1 amide bonds. The molecule has 0 aliphatic rings. The standard InChI is InChI=1S/C86H167NO5/c1-3-5-7-9-11-13-15-17-19-21-22-23-24-34-37-40-43-47-50-54-58-62-66-70-74-78-84(89)83(82-88)87-85(90)79-75-71-67-63-59-55-51-48-44-41-38-35-32-30-28-26-25-27-29-31-33-36-39-42-45-49-53-57-61-65-69-73-77-81-92-86(91)80-76-72-68-64-60-56-52-46-20-18-16-14-12-10-8-6-4-2/h18,20,29,31,83-84,88-89H,3-17,19,21-28,30,32-82H2,1-2H3,(H,87,90)/b20-18-,31-29-. The van der Waals surface area contributed by atoms with E-state index in [1.807, 2.05) is 0 Å². The van der Waals surface area contributed by atoms with E-state index in [1.165, 1.54) is 411 Å². The zero-order valence-corrected chi connectivity index (χ0v) is 62.8. The van der Waals surface area contributed by atoms with E-state index in [2.05, 4.69) is 43.5 Å². The Bertz CT molecular complexity index is 1450. The number of amides is 1. The highest BCUT2D eigenvalue weighted by atomic mass is 16.5. The Morgan fingerprint density at radius 3 is 0.772 bits per heavy atom. The Morgan fingerprint density at radius 2 is 0.511 bits per heavy atom. The van der Waals surface area contributed by atoms with E-state index >= 15 is 0 Å². The molecule has 3 N–H and O–H groups in total. The lowest BCUT2D eigenvalue weighted by Gasteiger charge is -2.22. The number of aliphatic hydroxyl groups is 2. The minimum Gasteiger partial charge on any atom is -0.466 e. The van der Waals surface area contributed by atoms with E-state index in [1.54, 1.807) is 0 Å². The summed E-state index contributed by atoms with van der Waals surface area (Å²) in [5, 5.41) is 23.5. The van der Waals surface area contributed by atoms with E-state index in [0.717, 1.165) is 44.9 Å². The molecule has 0 saturated carbocycles. The van der Waals surface area contributed by atoms with Gasteiger partial charge in [-0.3, -0.25) is 9.59 Å². The van der Waals surface area contributed by atoms with Gasteiger partial charge in [-0.1, -0.05) is 423 Å². The van der Waals surface area contributed by atoms with Crippen LogP contribution in [0.15, 0.2) is 24.3 Å². The highest BCUT2D eigenvalue weighted by molar-refractivity contribution is 5.76. The predicted molar refractivity (Wildman–Crippen MR) is 407 cm³/mol. The van der Waals surface area contributed by atoms with E-state index < -0.39 is 12.1 Å². The predicted octanol–water partition coefficient (Wildman–Crippen LogP) is 28.4. The largest absolute Gasteiger partial charge is 0.466 e. The van der Waals surface area contributed by atoms with Crippen LogP contribution in [0.5, 0.6) is 0 Å². The fraction of sp³-hybridized carbons (Fsp3) is 0.930. The molecule has 0 heterocycles. The van der Waals surface area contributed by atoms with Crippen molar-refractivity contribution in [1.82, 2.24) is 5.32 Å². The van der Waals surface area contributed by atoms with Gasteiger partial charge in [-0.2, -0.15) is 0 Å². The number of ether oxygens (including phenoxy) is 1. The number of esters is 1. The van der Waals surface area contributed by atoms with Gasteiger partial charge in [0.05, 0.1) is 25.4 Å². The lowest BCUT2D eigenvalue weighted by Crippen LogP contribution is -2.45. The lowest BCUT2D eigenvalue weighted by molar-refractivity contribution is -0.143. The van der Waals surface area contributed by atoms with Crippen molar-refractivity contribution >= 4 is 11.9 Å². The molecule has 6 heteroatoms. The van der Waals surface area contributed by atoms with Crippen LogP contribution in [0.4, 0.5) is 0 Å². The third kappa shape index (κ3) is 77.3. The first-order valence-electron chi connectivity index (χ1n) is 42.6. The van der Waals surface area contributed by atoms with Gasteiger partial charge in [0, 0.05) is 12.8 Å². The minimum atomic E-state index is -0.664. The summed E-state index contributed by atoms with van der Waals surface area (Å²) in [5.41, 5.74) is 0.